The summed E-state index contributed by atoms with van der Waals surface area (Å²) in [5.41, 5.74) is 1.54. The average molecular weight is 252 g/mol. The van der Waals surface area contributed by atoms with Gasteiger partial charge in [0, 0.05) is 11.8 Å². The zero-order valence-electron chi connectivity index (χ0n) is 10.2. The molecule has 0 aliphatic carbocycles. The molecule has 17 heavy (non-hydrogen) atoms. The van der Waals surface area contributed by atoms with Gasteiger partial charge in [-0.25, -0.2) is 8.42 Å². The summed E-state index contributed by atoms with van der Waals surface area (Å²) in [5, 5.41) is 11.0. The maximum atomic E-state index is 11.8. The quantitative estimate of drug-likeness (QED) is 0.877. The van der Waals surface area contributed by atoms with E-state index >= 15 is 0 Å². The number of hydrogen-bond acceptors (Lipinski definition) is 3. The third-order valence-electron chi connectivity index (χ3n) is 2.75. The summed E-state index contributed by atoms with van der Waals surface area (Å²) in [4.78, 5) is 0.358. The molecule has 0 spiro atoms. The van der Waals surface area contributed by atoms with Crippen LogP contribution in [0.5, 0.6) is 0 Å². The van der Waals surface area contributed by atoms with Crippen LogP contribution in [-0.2, 0) is 16.3 Å². The predicted octanol–water partition coefficient (Wildman–Crippen LogP) is 2.15. The van der Waals surface area contributed by atoms with Gasteiger partial charge in [0.05, 0.1) is 10.5 Å². The Morgan fingerprint density at radius 2 is 1.94 bits per heavy atom. The first-order valence-corrected chi connectivity index (χ1v) is 7.03. The van der Waals surface area contributed by atoms with E-state index in [0.717, 1.165) is 16.7 Å². The third kappa shape index (κ3) is 2.42. The number of rotatable bonds is 2. The molecule has 3 nitrogen and oxygen atoms in total. The molecule has 0 saturated carbocycles. The van der Waals surface area contributed by atoms with Gasteiger partial charge in [-0.1, -0.05) is 12.1 Å². The highest BCUT2D eigenvalue weighted by molar-refractivity contribution is 7.95. The van der Waals surface area contributed by atoms with Crippen LogP contribution >= 0.6 is 0 Å². The van der Waals surface area contributed by atoms with E-state index in [1.165, 1.54) is 5.41 Å². The van der Waals surface area contributed by atoms with Crippen molar-refractivity contribution >= 4 is 15.4 Å². The van der Waals surface area contributed by atoms with Crippen LogP contribution < -0.4 is 0 Å². The molecular weight excluding hydrogens is 236 g/mol. The van der Waals surface area contributed by atoms with Gasteiger partial charge in [0.25, 0.3) is 0 Å². The lowest BCUT2D eigenvalue weighted by molar-refractivity contribution is 0.0809. The van der Waals surface area contributed by atoms with Crippen LogP contribution in [0.2, 0.25) is 0 Å². The normalized spacial score (nSPS) is 17.8. The van der Waals surface area contributed by atoms with Crippen molar-refractivity contribution in [2.75, 3.05) is 0 Å². The number of hydrogen-bond donors (Lipinski definition) is 1. The second-order valence-corrected chi connectivity index (χ2v) is 6.93. The van der Waals surface area contributed by atoms with Crippen molar-refractivity contribution in [1.82, 2.24) is 0 Å². The fraction of sp³-hybridized carbons (Fsp3) is 0.385. The van der Waals surface area contributed by atoms with Gasteiger partial charge in [0.1, 0.15) is 0 Å². The fourth-order valence-corrected chi connectivity index (χ4v) is 3.67. The Kier molecular flexibility index (Phi) is 2.67. The van der Waals surface area contributed by atoms with E-state index in [9.17, 15) is 13.5 Å². The Morgan fingerprint density at radius 1 is 1.29 bits per heavy atom. The van der Waals surface area contributed by atoms with Gasteiger partial charge >= 0.3 is 0 Å². The molecule has 0 bridgehead atoms. The molecule has 1 heterocycles. The zero-order valence-corrected chi connectivity index (χ0v) is 11.0. The summed E-state index contributed by atoms with van der Waals surface area (Å²) in [6.45, 7) is 5.20. The van der Waals surface area contributed by atoms with Crippen LogP contribution in [0, 0.1) is 0 Å². The first-order chi connectivity index (χ1) is 7.69. The molecule has 1 N–H and O–H groups in total. The van der Waals surface area contributed by atoms with E-state index in [4.69, 9.17) is 0 Å². The topological polar surface area (TPSA) is 54.4 Å². The fourth-order valence-electron chi connectivity index (χ4n) is 2.10. The van der Waals surface area contributed by atoms with Gasteiger partial charge in [-0.15, -0.1) is 0 Å². The van der Waals surface area contributed by atoms with Crippen molar-refractivity contribution < 1.29 is 13.5 Å². The summed E-state index contributed by atoms with van der Waals surface area (Å²) in [6, 6.07) is 5.34. The predicted molar refractivity (Wildman–Crippen MR) is 67.3 cm³/mol. The molecule has 1 aromatic carbocycles. The Morgan fingerprint density at radius 3 is 2.53 bits per heavy atom. The van der Waals surface area contributed by atoms with Crippen molar-refractivity contribution in [1.29, 1.82) is 0 Å². The third-order valence-corrected chi connectivity index (χ3v) is 4.36. The second kappa shape index (κ2) is 3.68. The van der Waals surface area contributed by atoms with Gasteiger partial charge < -0.3 is 5.11 Å². The van der Waals surface area contributed by atoms with E-state index in [1.807, 2.05) is 12.1 Å². The number of benzene rings is 1. The minimum absolute atomic E-state index is 0.358. The molecule has 0 fully saturated rings. The molecule has 1 aromatic rings. The van der Waals surface area contributed by atoms with E-state index in [-0.39, 0.29) is 0 Å². The Labute approximate surface area is 102 Å². The van der Waals surface area contributed by atoms with Gasteiger partial charge in [-0.2, -0.15) is 0 Å². The van der Waals surface area contributed by atoms with Crippen molar-refractivity contribution in [3.8, 4) is 0 Å². The number of allylic oxidation sites excluding steroid dienone is 1. The van der Waals surface area contributed by atoms with Crippen molar-refractivity contribution in [2.24, 2.45) is 0 Å². The summed E-state index contributed by atoms with van der Waals surface area (Å²) < 4.78 is 23.7. The molecule has 2 rings (SSSR count). The maximum Gasteiger partial charge on any atom is 0.200 e. The van der Waals surface area contributed by atoms with Crippen LogP contribution in [0.15, 0.2) is 28.5 Å². The summed E-state index contributed by atoms with van der Waals surface area (Å²) >= 11 is 0. The van der Waals surface area contributed by atoms with Crippen LogP contribution in [0.3, 0.4) is 0 Å². The Hall–Kier alpha value is -1.13. The Balaban J connectivity index is 2.48. The molecule has 0 aromatic heterocycles. The lowest BCUT2D eigenvalue weighted by atomic mass is 9.97. The zero-order chi connectivity index (χ0) is 12.8. The standard InChI is InChI=1S/C13H16O3S/c1-9-8-17(15,16)12-6-10(4-5-11(9)12)7-13(2,3)14/h4-6,8,14H,7H2,1-3H3. The minimum Gasteiger partial charge on any atom is -0.390 e. The van der Waals surface area contributed by atoms with Gasteiger partial charge in [-0.05, 0) is 43.5 Å². The van der Waals surface area contributed by atoms with Gasteiger partial charge in [-0.3, -0.25) is 0 Å². The first-order valence-electron chi connectivity index (χ1n) is 5.48. The lowest BCUT2D eigenvalue weighted by Crippen LogP contribution is -2.21. The number of aliphatic hydroxyl groups is 1. The summed E-state index contributed by atoms with van der Waals surface area (Å²) in [6.07, 6.45) is 0.439. The SMILES string of the molecule is CC1=CS(=O)(=O)c2cc(CC(C)(C)O)ccc21. The van der Waals surface area contributed by atoms with E-state index in [1.54, 1.807) is 26.8 Å². The number of fused-ring (bicyclic) bond motifs is 1. The van der Waals surface area contributed by atoms with Gasteiger partial charge in [0.15, 0.2) is 0 Å². The van der Waals surface area contributed by atoms with Crippen molar-refractivity contribution in [3.63, 3.8) is 0 Å². The maximum absolute atomic E-state index is 11.8. The number of sulfone groups is 1. The summed E-state index contributed by atoms with van der Waals surface area (Å²) in [5.74, 6) is 0. The molecule has 92 valence electrons. The van der Waals surface area contributed by atoms with Gasteiger partial charge in [0.2, 0.25) is 9.84 Å². The molecule has 0 radical (unpaired) electrons. The lowest BCUT2D eigenvalue weighted by Gasteiger charge is -2.17. The van der Waals surface area contributed by atoms with E-state index in [0.29, 0.717) is 11.3 Å². The van der Waals surface area contributed by atoms with E-state index < -0.39 is 15.4 Å². The first kappa shape index (κ1) is 12.3. The highest BCUT2D eigenvalue weighted by Gasteiger charge is 2.25. The highest BCUT2D eigenvalue weighted by Crippen LogP contribution is 2.34. The highest BCUT2D eigenvalue weighted by atomic mass is 32.2. The summed E-state index contributed by atoms with van der Waals surface area (Å²) in [7, 11) is -3.28. The molecule has 0 amide bonds. The van der Waals surface area contributed by atoms with Crippen molar-refractivity contribution in [2.45, 2.75) is 37.7 Å². The van der Waals surface area contributed by atoms with Crippen molar-refractivity contribution in [3.05, 3.63) is 34.7 Å². The monoisotopic (exact) mass is 252 g/mol. The molecule has 1 aliphatic rings. The van der Waals surface area contributed by atoms with Crippen LogP contribution in [0.25, 0.3) is 5.57 Å². The molecule has 0 atom stereocenters. The molecule has 4 heteroatoms. The van der Waals surface area contributed by atoms with Crippen LogP contribution in [0.1, 0.15) is 31.9 Å². The Bertz CT molecular complexity index is 590. The largest absolute Gasteiger partial charge is 0.390 e. The molecular formula is C13H16O3S. The van der Waals surface area contributed by atoms with Crippen LogP contribution in [0.4, 0.5) is 0 Å². The second-order valence-electron chi connectivity index (χ2n) is 5.17. The average Bonchev–Trinajstić information content (AvgIpc) is 2.34. The van der Waals surface area contributed by atoms with E-state index in [2.05, 4.69) is 0 Å². The molecule has 0 unspecified atom stereocenters. The smallest absolute Gasteiger partial charge is 0.200 e. The molecule has 1 aliphatic heterocycles. The van der Waals surface area contributed by atoms with Crippen LogP contribution in [-0.4, -0.2) is 19.1 Å². The minimum atomic E-state index is -3.28. The molecule has 0 saturated heterocycles.